The quantitative estimate of drug-likeness (QED) is 0.139. The molecule has 2 aromatic heterocycles. The number of imide groups is 2. The summed E-state index contributed by atoms with van der Waals surface area (Å²) in [5.74, 6) is -4.15. The molecule has 274 valence electrons. The van der Waals surface area contributed by atoms with Crippen LogP contribution in [-0.4, -0.2) is 55.1 Å². The number of amides is 4. The number of fused-ring (bicyclic) bond motifs is 5. The van der Waals surface area contributed by atoms with Crippen LogP contribution in [0.15, 0.2) is 84.4 Å². The van der Waals surface area contributed by atoms with Gasteiger partial charge < -0.3 is 10.2 Å². The third-order valence-electron chi connectivity index (χ3n) is 12.4. The number of thiophene rings is 1. The first-order valence-electron chi connectivity index (χ1n) is 18.1. The monoisotopic (exact) mass is 760 g/mol. The summed E-state index contributed by atoms with van der Waals surface area (Å²) in [7, 11) is 1.71. The normalized spacial score (nSPS) is 26.4. The SMILES string of the molecule is Cc1c(-c2cc(N3C(=O)C4CC5C(=CCC6C(=O)N(CCc7ccc(O)cc7)C(=O)C65)C(c5ccccc5O)C4(C)C3=O)n(C)n2)sc2ccc(Cl)cc12. The van der Waals surface area contributed by atoms with Crippen molar-refractivity contribution in [2.24, 2.45) is 36.1 Å². The maximum atomic E-state index is 15.0. The Labute approximate surface area is 320 Å². The van der Waals surface area contributed by atoms with E-state index in [0.717, 1.165) is 31.7 Å². The zero-order chi connectivity index (χ0) is 37.8. The van der Waals surface area contributed by atoms with Gasteiger partial charge in [-0.05, 0) is 91.9 Å². The molecule has 9 rings (SSSR count). The molecular formula is C42H37ClN4O6S. The third kappa shape index (κ3) is 4.94. The Bertz CT molecular complexity index is 2470. The molecule has 4 aliphatic rings. The van der Waals surface area contributed by atoms with E-state index in [1.807, 2.05) is 31.2 Å². The van der Waals surface area contributed by atoms with Gasteiger partial charge in [0, 0.05) is 40.9 Å². The first-order chi connectivity index (χ1) is 25.9. The second kappa shape index (κ2) is 12.4. The Morgan fingerprint density at radius 2 is 1.70 bits per heavy atom. The lowest BCUT2D eigenvalue weighted by molar-refractivity contribution is -0.140. The minimum absolute atomic E-state index is 0.00245. The summed E-state index contributed by atoms with van der Waals surface area (Å²) in [5, 5.41) is 27.4. The van der Waals surface area contributed by atoms with E-state index >= 15 is 4.79 Å². The molecule has 3 fully saturated rings. The van der Waals surface area contributed by atoms with Crippen LogP contribution in [0.5, 0.6) is 11.5 Å². The van der Waals surface area contributed by atoms with Gasteiger partial charge in [0.1, 0.15) is 23.0 Å². The maximum Gasteiger partial charge on any atom is 0.242 e. The van der Waals surface area contributed by atoms with Crippen molar-refractivity contribution in [3.63, 3.8) is 0 Å². The molecule has 10 nitrogen and oxygen atoms in total. The molecule has 2 N–H and O–H groups in total. The highest BCUT2D eigenvalue weighted by Gasteiger charge is 2.68. The number of phenolic OH excluding ortho intramolecular Hbond substituents is 2. The van der Waals surface area contributed by atoms with E-state index in [4.69, 9.17) is 16.7 Å². The number of aromatic nitrogens is 2. The predicted octanol–water partition coefficient (Wildman–Crippen LogP) is 7.15. The van der Waals surface area contributed by atoms with E-state index < -0.39 is 40.9 Å². The van der Waals surface area contributed by atoms with Crippen molar-refractivity contribution in [1.82, 2.24) is 14.7 Å². The number of para-hydroxylation sites is 1. The number of likely N-dealkylation sites (tertiary alicyclic amines) is 1. The van der Waals surface area contributed by atoms with E-state index in [1.54, 1.807) is 84.6 Å². The average Bonchev–Trinajstić information content (AvgIpc) is 3.82. The summed E-state index contributed by atoms with van der Waals surface area (Å²) in [5.41, 5.74) is 2.53. The van der Waals surface area contributed by atoms with Gasteiger partial charge >= 0.3 is 0 Å². The van der Waals surface area contributed by atoms with Crippen molar-refractivity contribution in [1.29, 1.82) is 0 Å². The van der Waals surface area contributed by atoms with Crippen molar-refractivity contribution in [3.05, 3.63) is 106 Å². The molecule has 2 aliphatic heterocycles. The molecule has 54 heavy (non-hydrogen) atoms. The van der Waals surface area contributed by atoms with E-state index in [9.17, 15) is 24.6 Å². The minimum Gasteiger partial charge on any atom is -0.508 e. The number of aromatic hydroxyl groups is 2. The fourth-order valence-electron chi connectivity index (χ4n) is 9.71. The minimum atomic E-state index is -1.30. The highest BCUT2D eigenvalue weighted by Crippen LogP contribution is 2.64. The van der Waals surface area contributed by atoms with Gasteiger partial charge in [-0.1, -0.05) is 53.6 Å². The van der Waals surface area contributed by atoms with Crippen molar-refractivity contribution in [2.75, 3.05) is 11.4 Å². The molecular weight excluding hydrogens is 724 g/mol. The number of aryl methyl sites for hydroxylation is 2. The molecule has 2 saturated heterocycles. The van der Waals surface area contributed by atoms with Crippen molar-refractivity contribution < 1.29 is 29.4 Å². The Kier molecular flexibility index (Phi) is 7.92. The number of phenols is 2. The molecule has 6 unspecified atom stereocenters. The molecule has 1 saturated carbocycles. The first kappa shape index (κ1) is 34.5. The van der Waals surface area contributed by atoms with Crippen LogP contribution in [0.2, 0.25) is 5.02 Å². The lowest BCUT2D eigenvalue weighted by Gasteiger charge is -2.49. The molecule has 3 aromatic carbocycles. The number of nitrogens with zero attached hydrogens (tertiary/aromatic N) is 4. The summed E-state index contributed by atoms with van der Waals surface area (Å²) in [6, 6.07) is 21.1. The number of rotatable bonds is 6. The first-order valence-corrected chi connectivity index (χ1v) is 19.3. The van der Waals surface area contributed by atoms with Crippen LogP contribution in [0.4, 0.5) is 5.82 Å². The number of carbonyl (C=O) groups excluding carboxylic acids is 4. The fourth-order valence-corrected chi connectivity index (χ4v) is 11.0. The zero-order valence-electron chi connectivity index (χ0n) is 29.8. The second-order valence-corrected chi connectivity index (χ2v) is 16.7. The number of hydrogen-bond donors (Lipinski definition) is 2. The van der Waals surface area contributed by atoms with E-state index in [-0.39, 0.29) is 42.2 Å². The van der Waals surface area contributed by atoms with E-state index in [1.165, 1.54) is 9.80 Å². The summed E-state index contributed by atoms with van der Waals surface area (Å²) in [4.78, 5) is 61.5. The Morgan fingerprint density at radius 3 is 2.46 bits per heavy atom. The standard InChI is InChI=1S/C42H37ClN4O6S/c1-21-28-18-23(43)10-15-33(28)54-37(21)31-20-34(45(3)44-31)47-39(51)30-19-29-25(36(42(30,2)41(47)53)26-6-4-5-7-32(26)49)13-14-27-35(29)40(52)46(38(27)50)17-16-22-8-11-24(48)12-9-22/h4-13,15,18,20,27,29-30,35-36,48-49H,14,16-17,19H2,1-3H3. The molecule has 0 radical (unpaired) electrons. The van der Waals surface area contributed by atoms with E-state index in [0.29, 0.717) is 34.9 Å². The third-order valence-corrected chi connectivity index (χ3v) is 13.9. The van der Waals surface area contributed by atoms with Gasteiger partial charge in [-0.25, -0.2) is 4.90 Å². The van der Waals surface area contributed by atoms with E-state index in [2.05, 4.69) is 0 Å². The topological polar surface area (TPSA) is 133 Å². The summed E-state index contributed by atoms with van der Waals surface area (Å²) in [6.07, 6.45) is 2.95. The average molecular weight is 761 g/mol. The van der Waals surface area contributed by atoms with Crippen molar-refractivity contribution in [3.8, 4) is 22.1 Å². The molecule has 5 aromatic rings. The van der Waals surface area contributed by atoms with Crippen LogP contribution in [0, 0.1) is 36.0 Å². The van der Waals surface area contributed by atoms with Gasteiger partial charge in [0.25, 0.3) is 0 Å². The maximum absolute atomic E-state index is 15.0. The van der Waals surface area contributed by atoms with Crippen molar-refractivity contribution in [2.45, 2.75) is 39.0 Å². The summed E-state index contributed by atoms with van der Waals surface area (Å²) in [6.45, 7) is 4.01. The predicted molar refractivity (Wildman–Crippen MR) is 205 cm³/mol. The Morgan fingerprint density at radius 1 is 0.944 bits per heavy atom. The number of benzene rings is 3. The molecule has 12 heteroatoms. The number of halogens is 1. The van der Waals surface area contributed by atoms with Gasteiger partial charge in [0.2, 0.25) is 23.6 Å². The molecule has 0 spiro atoms. The molecule has 2 aliphatic carbocycles. The molecule has 6 atom stereocenters. The van der Waals surface area contributed by atoms with Gasteiger partial charge in [-0.3, -0.25) is 28.8 Å². The van der Waals surface area contributed by atoms with Gasteiger partial charge in [-0.15, -0.1) is 11.3 Å². The van der Waals surface area contributed by atoms with Crippen LogP contribution >= 0.6 is 22.9 Å². The van der Waals surface area contributed by atoms with Crippen LogP contribution in [-0.2, 0) is 32.6 Å². The number of allylic oxidation sites excluding steroid dienone is 2. The Hall–Kier alpha value is -5.26. The zero-order valence-corrected chi connectivity index (χ0v) is 31.4. The highest BCUT2D eigenvalue weighted by atomic mass is 35.5. The molecule has 4 amide bonds. The Balaban J connectivity index is 1.10. The largest absolute Gasteiger partial charge is 0.508 e. The van der Waals surface area contributed by atoms with Crippen LogP contribution in [0.3, 0.4) is 0 Å². The number of hydrogen-bond acceptors (Lipinski definition) is 8. The highest BCUT2D eigenvalue weighted by molar-refractivity contribution is 7.22. The second-order valence-electron chi connectivity index (χ2n) is 15.2. The van der Waals surface area contributed by atoms with Gasteiger partial charge in [-0.2, -0.15) is 5.10 Å². The summed E-state index contributed by atoms with van der Waals surface area (Å²) < 4.78 is 2.61. The van der Waals surface area contributed by atoms with Crippen LogP contribution < -0.4 is 4.90 Å². The smallest absolute Gasteiger partial charge is 0.242 e. The molecule has 0 bridgehead atoms. The van der Waals surface area contributed by atoms with Crippen LogP contribution in [0.25, 0.3) is 20.7 Å². The van der Waals surface area contributed by atoms with Gasteiger partial charge in [0.15, 0.2) is 0 Å². The number of anilines is 1. The van der Waals surface area contributed by atoms with Gasteiger partial charge in [0.05, 0.1) is 28.0 Å². The van der Waals surface area contributed by atoms with Crippen molar-refractivity contribution >= 4 is 62.5 Å². The van der Waals surface area contributed by atoms with Crippen LogP contribution in [0.1, 0.15) is 42.4 Å². The lowest BCUT2D eigenvalue weighted by Crippen LogP contribution is -2.49. The number of carbonyl (C=O) groups is 4. The summed E-state index contributed by atoms with van der Waals surface area (Å²) >= 11 is 7.87. The lowest BCUT2D eigenvalue weighted by atomic mass is 9.51. The molecule has 4 heterocycles. The fraction of sp³-hybridized carbons (Fsp3) is 0.310.